The van der Waals surface area contributed by atoms with E-state index in [1.165, 1.54) is 11.1 Å². The Bertz CT molecular complexity index is 444. The van der Waals surface area contributed by atoms with Gasteiger partial charge in [-0.05, 0) is 41.8 Å². The molecule has 0 bridgehead atoms. The molecule has 2 heteroatoms. The van der Waals surface area contributed by atoms with Crippen LogP contribution < -0.4 is 0 Å². The van der Waals surface area contributed by atoms with Crippen LogP contribution in [0.5, 0.6) is 0 Å². The van der Waals surface area contributed by atoms with Crippen LogP contribution in [-0.2, 0) is 0 Å². The normalized spacial score (nSPS) is 10.9. The van der Waals surface area contributed by atoms with Gasteiger partial charge in [0.05, 0.1) is 6.26 Å². The van der Waals surface area contributed by atoms with Crippen molar-refractivity contribution >= 4 is 15.9 Å². The van der Waals surface area contributed by atoms with Crippen LogP contribution in [0.15, 0.2) is 45.5 Å². The molecule has 1 heterocycles. The Morgan fingerprint density at radius 3 is 2.60 bits per heavy atom. The summed E-state index contributed by atoms with van der Waals surface area (Å²) in [5, 5.41) is 0. The third-order valence-corrected chi connectivity index (χ3v) is 2.92. The Labute approximate surface area is 98.2 Å². The fourth-order valence-electron chi connectivity index (χ4n) is 1.67. The molecule has 1 nitrogen and oxygen atoms in total. The predicted molar refractivity (Wildman–Crippen MR) is 65.9 cm³/mol. The van der Waals surface area contributed by atoms with Crippen LogP contribution in [0.3, 0.4) is 0 Å². The summed E-state index contributed by atoms with van der Waals surface area (Å²) in [7, 11) is 0. The molecule has 0 radical (unpaired) electrons. The molecule has 0 aliphatic carbocycles. The van der Waals surface area contributed by atoms with E-state index in [2.05, 4.69) is 41.9 Å². The molecule has 2 aromatic rings. The predicted octanol–water partition coefficient (Wildman–Crippen LogP) is 4.83. The fourth-order valence-corrected chi connectivity index (χ4v) is 2.05. The summed E-state index contributed by atoms with van der Waals surface area (Å²) in [6, 6.07) is 10.2. The highest BCUT2D eigenvalue weighted by atomic mass is 79.9. The summed E-state index contributed by atoms with van der Waals surface area (Å²) in [6.07, 6.45) is 1.71. The van der Waals surface area contributed by atoms with Gasteiger partial charge in [-0.15, -0.1) is 0 Å². The second-order valence-corrected chi connectivity index (χ2v) is 4.78. The second kappa shape index (κ2) is 4.23. The molecule has 1 aromatic heterocycles. The Hall–Kier alpha value is -1.02. The average Bonchev–Trinajstić information content (AvgIpc) is 2.70. The van der Waals surface area contributed by atoms with Gasteiger partial charge in [0.15, 0.2) is 0 Å². The zero-order chi connectivity index (χ0) is 10.8. The molecule has 0 unspecified atom stereocenters. The first kappa shape index (κ1) is 10.5. The highest BCUT2D eigenvalue weighted by Crippen LogP contribution is 2.31. The van der Waals surface area contributed by atoms with Crippen LogP contribution in [0, 0.1) is 0 Å². The molecule has 0 amide bonds. The number of rotatable bonds is 2. The largest absolute Gasteiger partial charge is 0.464 e. The van der Waals surface area contributed by atoms with E-state index in [9.17, 15) is 0 Å². The molecule has 15 heavy (non-hydrogen) atoms. The van der Waals surface area contributed by atoms with Crippen molar-refractivity contribution in [2.75, 3.05) is 0 Å². The molecular formula is C13H13BrO. The molecule has 2 rings (SSSR count). The van der Waals surface area contributed by atoms with E-state index in [-0.39, 0.29) is 0 Å². The van der Waals surface area contributed by atoms with E-state index in [0.717, 1.165) is 10.2 Å². The lowest BCUT2D eigenvalue weighted by Gasteiger charge is -2.11. The minimum Gasteiger partial charge on any atom is -0.464 e. The maximum Gasteiger partial charge on any atom is 0.134 e. The van der Waals surface area contributed by atoms with E-state index in [1.807, 2.05) is 18.2 Å². The van der Waals surface area contributed by atoms with Gasteiger partial charge in [0, 0.05) is 10.0 Å². The first-order valence-electron chi connectivity index (χ1n) is 5.02. The van der Waals surface area contributed by atoms with Crippen molar-refractivity contribution in [1.82, 2.24) is 0 Å². The zero-order valence-electron chi connectivity index (χ0n) is 8.83. The summed E-state index contributed by atoms with van der Waals surface area (Å²) in [4.78, 5) is 0. The molecule has 0 aliphatic rings. The third-order valence-electron chi connectivity index (χ3n) is 2.42. The van der Waals surface area contributed by atoms with Crippen LogP contribution in [-0.4, -0.2) is 0 Å². The van der Waals surface area contributed by atoms with E-state index < -0.39 is 0 Å². The quantitative estimate of drug-likeness (QED) is 0.757. The summed E-state index contributed by atoms with van der Waals surface area (Å²) >= 11 is 3.50. The van der Waals surface area contributed by atoms with Gasteiger partial charge < -0.3 is 4.42 Å². The lowest BCUT2D eigenvalue weighted by atomic mass is 9.96. The fraction of sp³-hybridized carbons (Fsp3) is 0.231. The third kappa shape index (κ3) is 2.15. The maximum atomic E-state index is 5.43. The molecule has 0 spiro atoms. The van der Waals surface area contributed by atoms with E-state index >= 15 is 0 Å². The summed E-state index contributed by atoms with van der Waals surface area (Å²) in [6.45, 7) is 4.38. The molecule has 0 saturated heterocycles. The van der Waals surface area contributed by atoms with Gasteiger partial charge in [0.25, 0.3) is 0 Å². The average molecular weight is 265 g/mol. The minimum absolute atomic E-state index is 0.489. The van der Waals surface area contributed by atoms with Crippen molar-refractivity contribution in [1.29, 1.82) is 0 Å². The summed E-state index contributed by atoms with van der Waals surface area (Å²) in [5.41, 5.74) is 2.48. The first-order valence-corrected chi connectivity index (χ1v) is 5.81. The Morgan fingerprint density at radius 2 is 2.00 bits per heavy atom. The van der Waals surface area contributed by atoms with Crippen LogP contribution >= 0.6 is 15.9 Å². The molecule has 0 fully saturated rings. The Morgan fingerprint density at radius 1 is 1.20 bits per heavy atom. The Kier molecular flexibility index (Phi) is 2.96. The van der Waals surface area contributed by atoms with Gasteiger partial charge in [0.1, 0.15) is 5.76 Å². The van der Waals surface area contributed by atoms with Gasteiger partial charge in [0.2, 0.25) is 0 Å². The molecule has 0 aliphatic heterocycles. The van der Waals surface area contributed by atoms with Crippen molar-refractivity contribution in [3.63, 3.8) is 0 Å². The van der Waals surface area contributed by atoms with Gasteiger partial charge in [-0.25, -0.2) is 0 Å². The van der Waals surface area contributed by atoms with Crippen molar-refractivity contribution in [3.8, 4) is 11.3 Å². The zero-order valence-corrected chi connectivity index (χ0v) is 10.4. The van der Waals surface area contributed by atoms with Gasteiger partial charge in [-0.3, -0.25) is 0 Å². The number of halogens is 1. The lowest BCUT2D eigenvalue weighted by Crippen LogP contribution is -1.91. The van der Waals surface area contributed by atoms with Gasteiger partial charge in [-0.2, -0.15) is 0 Å². The minimum atomic E-state index is 0.489. The van der Waals surface area contributed by atoms with E-state index in [1.54, 1.807) is 6.26 Å². The monoisotopic (exact) mass is 264 g/mol. The second-order valence-electron chi connectivity index (χ2n) is 3.86. The SMILES string of the molecule is CC(C)c1cc(Br)ccc1-c1ccco1. The molecule has 78 valence electrons. The number of hydrogen-bond donors (Lipinski definition) is 0. The lowest BCUT2D eigenvalue weighted by molar-refractivity contribution is 0.581. The smallest absolute Gasteiger partial charge is 0.134 e. The van der Waals surface area contributed by atoms with E-state index in [4.69, 9.17) is 4.42 Å². The topological polar surface area (TPSA) is 13.1 Å². The van der Waals surface area contributed by atoms with Crippen molar-refractivity contribution in [3.05, 3.63) is 46.6 Å². The van der Waals surface area contributed by atoms with Crippen LogP contribution in [0.1, 0.15) is 25.3 Å². The maximum absolute atomic E-state index is 5.43. The van der Waals surface area contributed by atoms with Crippen molar-refractivity contribution in [2.45, 2.75) is 19.8 Å². The number of hydrogen-bond acceptors (Lipinski definition) is 1. The van der Waals surface area contributed by atoms with Crippen LogP contribution in [0.25, 0.3) is 11.3 Å². The first-order chi connectivity index (χ1) is 7.18. The highest BCUT2D eigenvalue weighted by molar-refractivity contribution is 9.10. The molecule has 0 N–H and O–H groups in total. The van der Waals surface area contributed by atoms with Crippen LogP contribution in [0.4, 0.5) is 0 Å². The van der Waals surface area contributed by atoms with Gasteiger partial charge in [-0.1, -0.05) is 29.8 Å². The molecule has 1 aromatic carbocycles. The van der Waals surface area contributed by atoms with Crippen molar-refractivity contribution in [2.24, 2.45) is 0 Å². The number of furan rings is 1. The Balaban J connectivity index is 2.56. The molecule has 0 saturated carbocycles. The van der Waals surface area contributed by atoms with E-state index in [0.29, 0.717) is 5.92 Å². The number of benzene rings is 1. The van der Waals surface area contributed by atoms with Gasteiger partial charge >= 0.3 is 0 Å². The van der Waals surface area contributed by atoms with Crippen molar-refractivity contribution < 1.29 is 4.42 Å². The summed E-state index contributed by atoms with van der Waals surface area (Å²) in [5.74, 6) is 1.42. The summed E-state index contributed by atoms with van der Waals surface area (Å²) < 4.78 is 6.55. The standard InChI is InChI=1S/C13H13BrO/c1-9(2)12-8-10(14)5-6-11(12)13-4-3-7-15-13/h3-9H,1-2H3. The molecule has 0 atom stereocenters. The molecular weight excluding hydrogens is 252 g/mol. The highest BCUT2D eigenvalue weighted by Gasteiger charge is 2.10. The van der Waals surface area contributed by atoms with Crippen LogP contribution in [0.2, 0.25) is 0 Å².